The average molecular weight is 424 g/mol. The molecule has 2 aliphatic rings. The predicted octanol–water partition coefficient (Wildman–Crippen LogP) is 5.00. The van der Waals surface area contributed by atoms with Gasteiger partial charge in [0, 0.05) is 32.0 Å². The first-order valence-corrected chi connectivity index (χ1v) is 10.9. The first-order chi connectivity index (χ1) is 15.1. The second kappa shape index (κ2) is 8.42. The number of halogens is 2. The van der Waals surface area contributed by atoms with Gasteiger partial charge in [0.05, 0.1) is 6.04 Å². The maximum Gasteiger partial charge on any atom is 0.165 e. The van der Waals surface area contributed by atoms with E-state index in [1.54, 1.807) is 12.1 Å². The van der Waals surface area contributed by atoms with Gasteiger partial charge in [0.15, 0.2) is 11.6 Å². The second-order valence-corrected chi connectivity index (χ2v) is 8.85. The summed E-state index contributed by atoms with van der Waals surface area (Å²) in [5.74, 6) is 1.78. The van der Waals surface area contributed by atoms with Gasteiger partial charge in [-0.05, 0) is 61.4 Å². The molecule has 2 heterocycles. The monoisotopic (exact) mass is 423 g/mol. The highest BCUT2D eigenvalue weighted by Crippen LogP contribution is 2.43. The Balaban J connectivity index is 1.35. The van der Waals surface area contributed by atoms with Crippen LogP contribution in [0.1, 0.15) is 30.3 Å². The number of aromatic nitrogens is 2. The van der Waals surface area contributed by atoms with Crippen LogP contribution >= 0.6 is 0 Å². The maximum absolute atomic E-state index is 14.3. The van der Waals surface area contributed by atoms with Crippen molar-refractivity contribution in [2.24, 2.45) is 11.8 Å². The van der Waals surface area contributed by atoms with Crippen molar-refractivity contribution in [1.82, 2.24) is 14.5 Å². The Bertz CT molecular complexity index is 1040. The third-order valence-corrected chi connectivity index (χ3v) is 6.81. The van der Waals surface area contributed by atoms with E-state index in [9.17, 15) is 8.78 Å². The predicted molar refractivity (Wildman–Crippen MR) is 115 cm³/mol. The fourth-order valence-corrected chi connectivity index (χ4v) is 5.33. The van der Waals surface area contributed by atoms with E-state index in [0.717, 1.165) is 43.9 Å². The molecule has 2 fully saturated rings. The summed E-state index contributed by atoms with van der Waals surface area (Å²) in [5.41, 5.74) is 1.13. The summed E-state index contributed by atoms with van der Waals surface area (Å²) in [7, 11) is 0. The molecule has 4 atom stereocenters. The lowest BCUT2D eigenvalue weighted by Crippen LogP contribution is -2.40. The topological polar surface area (TPSA) is 30.3 Å². The first-order valence-electron chi connectivity index (χ1n) is 10.9. The van der Waals surface area contributed by atoms with Gasteiger partial charge in [0.25, 0.3) is 0 Å². The molecule has 0 N–H and O–H groups in total. The Hall–Kier alpha value is -2.73. The molecular formula is C25H27F2N3O. The molecule has 1 aromatic heterocycles. The summed E-state index contributed by atoms with van der Waals surface area (Å²) in [4.78, 5) is 6.86. The van der Waals surface area contributed by atoms with E-state index in [1.807, 2.05) is 37.5 Å². The lowest BCUT2D eigenvalue weighted by atomic mass is 9.77. The van der Waals surface area contributed by atoms with Crippen LogP contribution in [0.25, 0.3) is 0 Å². The van der Waals surface area contributed by atoms with Crippen molar-refractivity contribution >= 4 is 0 Å². The van der Waals surface area contributed by atoms with E-state index in [1.165, 1.54) is 18.2 Å². The second-order valence-electron chi connectivity index (χ2n) is 8.85. The quantitative estimate of drug-likeness (QED) is 0.579. The fraction of sp³-hybridized carbons (Fsp3) is 0.400. The van der Waals surface area contributed by atoms with Crippen molar-refractivity contribution < 1.29 is 13.5 Å². The standard InChI is InChI=1S/C25H27F2N3O/c1-17-28-10-11-30(17)23-12-19-15-29(14-18-6-8-21(26)9-7-18)16-20(19)13-25(23)31-24-5-3-2-4-22(24)27/h2-11,19-20,23,25H,12-16H2,1H3/t19-,20+,23-,25-/m0/s1. The molecule has 1 aliphatic carbocycles. The molecule has 0 bridgehead atoms. The highest BCUT2D eigenvalue weighted by atomic mass is 19.1. The van der Waals surface area contributed by atoms with Gasteiger partial charge in [0.2, 0.25) is 0 Å². The molecule has 2 aromatic carbocycles. The van der Waals surface area contributed by atoms with Crippen molar-refractivity contribution in [3.63, 3.8) is 0 Å². The summed E-state index contributed by atoms with van der Waals surface area (Å²) in [6, 6.07) is 13.5. The summed E-state index contributed by atoms with van der Waals surface area (Å²) in [6.45, 7) is 4.82. The lowest BCUT2D eigenvalue weighted by molar-refractivity contribution is 0.0509. The zero-order chi connectivity index (χ0) is 21.4. The van der Waals surface area contributed by atoms with Gasteiger partial charge >= 0.3 is 0 Å². The lowest BCUT2D eigenvalue weighted by Gasteiger charge is -2.39. The summed E-state index contributed by atoms with van der Waals surface area (Å²) in [6.07, 6.45) is 5.56. The zero-order valence-electron chi connectivity index (χ0n) is 17.6. The number of nitrogens with zero attached hydrogens (tertiary/aromatic N) is 3. The van der Waals surface area contributed by atoms with Crippen molar-refractivity contribution in [1.29, 1.82) is 0 Å². The van der Waals surface area contributed by atoms with Crippen LogP contribution in [0.4, 0.5) is 8.78 Å². The van der Waals surface area contributed by atoms with Gasteiger partial charge in [-0.25, -0.2) is 13.8 Å². The van der Waals surface area contributed by atoms with Crippen molar-refractivity contribution in [3.05, 3.63) is 83.9 Å². The van der Waals surface area contributed by atoms with Crippen molar-refractivity contribution in [2.45, 2.75) is 38.5 Å². The number of hydrogen-bond acceptors (Lipinski definition) is 3. The molecule has 162 valence electrons. The van der Waals surface area contributed by atoms with Crippen LogP contribution in [-0.4, -0.2) is 33.6 Å². The summed E-state index contributed by atoms with van der Waals surface area (Å²) < 4.78 is 36.0. The van der Waals surface area contributed by atoms with Gasteiger partial charge in [0.1, 0.15) is 17.7 Å². The Morgan fingerprint density at radius 2 is 1.74 bits per heavy atom. The third-order valence-electron chi connectivity index (χ3n) is 6.81. The highest BCUT2D eigenvalue weighted by molar-refractivity contribution is 5.24. The minimum Gasteiger partial charge on any atom is -0.485 e. The Morgan fingerprint density at radius 3 is 2.45 bits per heavy atom. The number of hydrogen-bond donors (Lipinski definition) is 0. The van der Waals surface area contributed by atoms with Crippen LogP contribution in [0, 0.1) is 30.4 Å². The smallest absolute Gasteiger partial charge is 0.165 e. The molecule has 4 nitrogen and oxygen atoms in total. The van der Waals surface area contributed by atoms with Crippen LogP contribution in [-0.2, 0) is 6.54 Å². The summed E-state index contributed by atoms with van der Waals surface area (Å²) >= 11 is 0. The molecule has 0 spiro atoms. The van der Waals surface area contributed by atoms with E-state index in [4.69, 9.17) is 4.74 Å². The fourth-order valence-electron chi connectivity index (χ4n) is 5.33. The van der Waals surface area contributed by atoms with E-state index >= 15 is 0 Å². The Labute approximate surface area is 181 Å². The molecule has 6 heteroatoms. The van der Waals surface area contributed by atoms with E-state index in [0.29, 0.717) is 17.6 Å². The summed E-state index contributed by atoms with van der Waals surface area (Å²) in [5, 5.41) is 0. The number of ether oxygens (including phenoxy) is 1. The molecule has 31 heavy (non-hydrogen) atoms. The number of imidazole rings is 1. The van der Waals surface area contributed by atoms with Crippen LogP contribution in [0.15, 0.2) is 60.9 Å². The maximum atomic E-state index is 14.3. The number of fused-ring (bicyclic) bond motifs is 1. The zero-order valence-corrected chi connectivity index (χ0v) is 17.6. The number of rotatable bonds is 5. The van der Waals surface area contributed by atoms with Crippen molar-refractivity contribution in [3.8, 4) is 5.75 Å². The molecule has 0 unspecified atom stereocenters. The SMILES string of the molecule is Cc1nccn1[C@H]1C[C@H]2CN(Cc3ccc(F)cc3)C[C@H]2C[C@@H]1Oc1ccccc1F. The minimum absolute atomic E-state index is 0.114. The average Bonchev–Trinajstić information content (AvgIpc) is 3.35. The third kappa shape index (κ3) is 4.22. The number of benzene rings is 2. The van der Waals surface area contributed by atoms with Crippen molar-refractivity contribution in [2.75, 3.05) is 13.1 Å². The minimum atomic E-state index is -0.324. The molecule has 0 radical (unpaired) electrons. The molecule has 0 amide bonds. The van der Waals surface area contributed by atoms with Crippen LogP contribution in [0.3, 0.4) is 0 Å². The molecule has 1 saturated heterocycles. The molecule has 1 aliphatic heterocycles. The molecular weight excluding hydrogens is 396 g/mol. The van der Waals surface area contributed by atoms with E-state index in [-0.39, 0.29) is 23.8 Å². The van der Waals surface area contributed by atoms with Crippen LogP contribution in [0.2, 0.25) is 0 Å². The Morgan fingerprint density at radius 1 is 1.00 bits per heavy atom. The van der Waals surface area contributed by atoms with Gasteiger partial charge in [-0.3, -0.25) is 4.90 Å². The Kier molecular flexibility index (Phi) is 5.48. The van der Waals surface area contributed by atoms with E-state index in [2.05, 4.69) is 14.5 Å². The largest absolute Gasteiger partial charge is 0.485 e. The highest BCUT2D eigenvalue weighted by Gasteiger charge is 2.44. The van der Waals surface area contributed by atoms with Gasteiger partial charge in [-0.1, -0.05) is 24.3 Å². The van der Waals surface area contributed by atoms with Crippen LogP contribution in [0.5, 0.6) is 5.75 Å². The van der Waals surface area contributed by atoms with Gasteiger partial charge < -0.3 is 9.30 Å². The normalized spacial score (nSPS) is 26.0. The van der Waals surface area contributed by atoms with Gasteiger partial charge in [-0.2, -0.15) is 0 Å². The first kappa shape index (κ1) is 20.2. The molecule has 3 aromatic rings. The molecule has 5 rings (SSSR count). The number of para-hydroxylation sites is 1. The number of aryl methyl sites for hydroxylation is 1. The van der Waals surface area contributed by atoms with E-state index < -0.39 is 0 Å². The number of likely N-dealkylation sites (tertiary alicyclic amines) is 1. The molecule has 1 saturated carbocycles. The van der Waals surface area contributed by atoms with Gasteiger partial charge in [-0.15, -0.1) is 0 Å². The van der Waals surface area contributed by atoms with Crippen LogP contribution < -0.4 is 4.74 Å².